The highest BCUT2D eigenvalue weighted by molar-refractivity contribution is 6.24. The van der Waals surface area contributed by atoms with Gasteiger partial charge in [0.15, 0.2) is 0 Å². The molecule has 1 aliphatic rings. The van der Waals surface area contributed by atoms with E-state index in [0.717, 1.165) is 0 Å². The highest BCUT2D eigenvalue weighted by Crippen LogP contribution is 2.40. The number of nitro benzene ring substituents is 2. The quantitative estimate of drug-likeness (QED) is 0.441. The van der Waals surface area contributed by atoms with E-state index in [9.17, 15) is 20.2 Å². The molecule has 0 saturated heterocycles. The van der Waals surface area contributed by atoms with Crippen LogP contribution in [0.2, 0.25) is 0 Å². The van der Waals surface area contributed by atoms with Crippen molar-refractivity contribution in [1.82, 2.24) is 0 Å². The fraction of sp³-hybridized carbons (Fsp3) is 0. The number of non-ortho nitro benzene ring substituents is 2. The molecule has 0 amide bonds. The summed E-state index contributed by atoms with van der Waals surface area (Å²) in [5.41, 5.74) is 1.84. The smallest absolute Gasteiger partial charge is 0.270 e. The first-order chi connectivity index (χ1) is 10.0. The molecule has 104 valence electrons. The van der Waals surface area contributed by atoms with Crippen LogP contribution in [0.4, 0.5) is 11.4 Å². The van der Waals surface area contributed by atoms with Crippen LogP contribution in [0.3, 0.4) is 0 Å². The second kappa shape index (κ2) is 4.37. The van der Waals surface area contributed by atoms with Gasteiger partial charge in [-0.05, 0) is 23.3 Å². The van der Waals surface area contributed by atoms with Crippen molar-refractivity contribution in [3.63, 3.8) is 0 Å². The second-order valence-electron chi connectivity index (χ2n) is 4.42. The first kappa shape index (κ1) is 12.7. The van der Waals surface area contributed by atoms with Crippen molar-refractivity contribution in [2.24, 2.45) is 5.16 Å². The van der Waals surface area contributed by atoms with Crippen LogP contribution in [0.5, 0.6) is 0 Å². The van der Waals surface area contributed by atoms with Gasteiger partial charge in [0.1, 0.15) is 5.71 Å². The molecule has 2 aromatic carbocycles. The molecule has 1 aliphatic carbocycles. The molecule has 21 heavy (non-hydrogen) atoms. The highest BCUT2D eigenvalue weighted by atomic mass is 16.6. The average molecular weight is 285 g/mol. The van der Waals surface area contributed by atoms with Gasteiger partial charge in [-0.25, -0.2) is 0 Å². The highest BCUT2D eigenvalue weighted by Gasteiger charge is 2.29. The average Bonchev–Trinajstić information content (AvgIpc) is 2.78. The van der Waals surface area contributed by atoms with Crippen LogP contribution in [-0.4, -0.2) is 20.8 Å². The summed E-state index contributed by atoms with van der Waals surface area (Å²) < 4.78 is 0. The molecule has 0 unspecified atom stereocenters. The molecule has 0 aromatic heterocycles. The van der Waals surface area contributed by atoms with Crippen molar-refractivity contribution in [2.75, 3.05) is 0 Å². The Hall–Kier alpha value is -3.29. The van der Waals surface area contributed by atoms with Gasteiger partial charge in [0.25, 0.3) is 11.4 Å². The maximum atomic E-state index is 10.8. The molecule has 3 rings (SSSR count). The lowest BCUT2D eigenvalue weighted by Crippen LogP contribution is -2.00. The molecule has 0 atom stereocenters. The molecule has 8 heteroatoms. The number of hydrogen-bond acceptors (Lipinski definition) is 6. The lowest BCUT2D eigenvalue weighted by atomic mass is 10.1. The topological polar surface area (TPSA) is 119 Å². The van der Waals surface area contributed by atoms with Crippen LogP contribution in [0.15, 0.2) is 41.6 Å². The monoisotopic (exact) mass is 285 g/mol. The zero-order chi connectivity index (χ0) is 15.1. The molecule has 2 aromatic rings. The van der Waals surface area contributed by atoms with Gasteiger partial charge >= 0.3 is 0 Å². The van der Waals surface area contributed by atoms with Crippen LogP contribution < -0.4 is 0 Å². The van der Waals surface area contributed by atoms with Crippen LogP contribution >= 0.6 is 0 Å². The molecule has 0 saturated carbocycles. The SMILES string of the molecule is O=[N+]([O-])c1ccc2c(c1)C(=NO)c1cc([N+](=O)[O-])ccc1-2. The fourth-order valence-electron chi connectivity index (χ4n) is 2.41. The number of rotatable bonds is 2. The summed E-state index contributed by atoms with van der Waals surface area (Å²) in [4.78, 5) is 20.5. The predicted molar refractivity (Wildman–Crippen MR) is 72.6 cm³/mol. The van der Waals surface area contributed by atoms with Crippen LogP contribution in [0.1, 0.15) is 11.1 Å². The number of hydrogen-bond donors (Lipinski definition) is 1. The molecule has 0 radical (unpaired) electrons. The third-order valence-electron chi connectivity index (χ3n) is 3.33. The molecule has 0 heterocycles. The Labute approximate surface area is 117 Å². The van der Waals surface area contributed by atoms with Gasteiger partial charge in [-0.3, -0.25) is 20.2 Å². The fourth-order valence-corrected chi connectivity index (χ4v) is 2.41. The van der Waals surface area contributed by atoms with Gasteiger partial charge in [-0.1, -0.05) is 5.16 Å². The van der Waals surface area contributed by atoms with Gasteiger partial charge in [-0.2, -0.15) is 0 Å². The number of oxime groups is 1. The lowest BCUT2D eigenvalue weighted by molar-refractivity contribution is -0.385. The molecular formula is C13H7N3O5. The Morgan fingerprint density at radius 3 is 1.57 bits per heavy atom. The van der Waals surface area contributed by atoms with E-state index in [0.29, 0.717) is 22.3 Å². The van der Waals surface area contributed by atoms with E-state index >= 15 is 0 Å². The Bertz CT molecular complexity index is 763. The van der Waals surface area contributed by atoms with E-state index in [2.05, 4.69) is 5.16 Å². The second-order valence-corrected chi connectivity index (χ2v) is 4.42. The predicted octanol–water partition coefficient (Wildman–Crippen LogP) is 2.71. The molecule has 0 bridgehead atoms. The third kappa shape index (κ3) is 1.81. The number of fused-ring (bicyclic) bond motifs is 3. The van der Waals surface area contributed by atoms with Crippen molar-refractivity contribution in [3.05, 3.63) is 67.8 Å². The summed E-state index contributed by atoms with van der Waals surface area (Å²) in [6.45, 7) is 0. The summed E-state index contributed by atoms with van der Waals surface area (Å²) in [6, 6.07) is 8.33. The van der Waals surface area contributed by atoms with Crippen molar-refractivity contribution in [2.45, 2.75) is 0 Å². The Balaban J connectivity index is 2.26. The number of nitro groups is 2. The molecule has 0 spiro atoms. The van der Waals surface area contributed by atoms with Gasteiger partial charge in [-0.15, -0.1) is 0 Å². The summed E-state index contributed by atoms with van der Waals surface area (Å²) >= 11 is 0. The van der Waals surface area contributed by atoms with Gasteiger partial charge in [0.05, 0.1) is 9.85 Å². The van der Waals surface area contributed by atoms with Gasteiger partial charge < -0.3 is 5.21 Å². The van der Waals surface area contributed by atoms with Crippen molar-refractivity contribution < 1.29 is 15.1 Å². The van der Waals surface area contributed by atoms with Crippen LogP contribution in [0, 0.1) is 20.2 Å². The minimum atomic E-state index is -0.555. The Morgan fingerprint density at radius 1 is 0.810 bits per heavy atom. The molecule has 0 fully saturated rings. The largest absolute Gasteiger partial charge is 0.410 e. The van der Waals surface area contributed by atoms with Crippen molar-refractivity contribution in [1.29, 1.82) is 0 Å². The summed E-state index contributed by atoms with van der Waals surface area (Å²) in [5.74, 6) is 0. The standard InChI is InChI=1S/C13H7N3O5/c17-14-13-11-5-7(15(18)19)1-3-9(11)10-4-2-8(16(20)21)6-12(10)13/h1-6,17H. The zero-order valence-corrected chi connectivity index (χ0v) is 10.4. The minimum absolute atomic E-state index is 0.0902. The summed E-state index contributed by atoms with van der Waals surface area (Å²) in [5, 5.41) is 34.0. The van der Waals surface area contributed by atoms with E-state index in [1.807, 2.05) is 0 Å². The maximum absolute atomic E-state index is 10.8. The van der Waals surface area contributed by atoms with E-state index in [1.165, 1.54) is 36.4 Å². The Kier molecular flexibility index (Phi) is 2.65. The van der Waals surface area contributed by atoms with E-state index < -0.39 is 9.85 Å². The molecular weight excluding hydrogens is 278 g/mol. The lowest BCUT2D eigenvalue weighted by Gasteiger charge is -1.99. The van der Waals surface area contributed by atoms with E-state index in [4.69, 9.17) is 5.21 Å². The molecule has 0 aliphatic heterocycles. The van der Waals surface area contributed by atoms with E-state index in [-0.39, 0.29) is 17.1 Å². The van der Waals surface area contributed by atoms with Crippen LogP contribution in [-0.2, 0) is 0 Å². The Morgan fingerprint density at radius 2 is 1.24 bits per heavy atom. The van der Waals surface area contributed by atoms with Crippen LogP contribution in [0.25, 0.3) is 11.1 Å². The number of nitrogens with zero attached hydrogens (tertiary/aromatic N) is 3. The molecule has 1 N–H and O–H groups in total. The first-order valence-electron chi connectivity index (χ1n) is 5.83. The van der Waals surface area contributed by atoms with Gasteiger partial charge in [0.2, 0.25) is 0 Å². The number of benzene rings is 2. The zero-order valence-electron chi connectivity index (χ0n) is 10.4. The van der Waals surface area contributed by atoms with E-state index in [1.54, 1.807) is 0 Å². The maximum Gasteiger partial charge on any atom is 0.270 e. The van der Waals surface area contributed by atoms with Crippen molar-refractivity contribution in [3.8, 4) is 11.1 Å². The first-order valence-corrected chi connectivity index (χ1v) is 5.83. The molecule has 8 nitrogen and oxygen atoms in total. The summed E-state index contributed by atoms with van der Waals surface area (Å²) in [6.07, 6.45) is 0. The minimum Gasteiger partial charge on any atom is -0.410 e. The summed E-state index contributed by atoms with van der Waals surface area (Å²) in [7, 11) is 0. The van der Waals surface area contributed by atoms with Crippen molar-refractivity contribution >= 4 is 17.1 Å². The normalized spacial score (nSPS) is 11.7. The van der Waals surface area contributed by atoms with Gasteiger partial charge in [0, 0.05) is 35.4 Å². The third-order valence-corrected chi connectivity index (χ3v) is 3.33.